The third-order valence-electron chi connectivity index (χ3n) is 5.07. The van der Waals surface area contributed by atoms with Gasteiger partial charge in [0, 0.05) is 37.0 Å². The molecule has 29 heavy (non-hydrogen) atoms. The topological polar surface area (TPSA) is 69.0 Å². The number of fused-ring (bicyclic) bond motifs is 1. The molecule has 0 spiro atoms. The summed E-state index contributed by atoms with van der Waals surface area (Å²) in [6.45, 7) is 2.36. The number of halogens is 1. The van der Waals surface area contributed by atoms with E-state index in [9.17, 15) is 9.18 Å². The number of ether oxygens (including phenoxy) is 1. The fourth-order valence-corrected chi connectivity index (χ4v) is 3.65. The van der Waals surface area contributed by atoms with E-state index in [1.165, 1.54) is 6.07 Å². The minimum atomic E-state index is -0.324. The van der Waals surface area contributed by atoms with Crippen LogP contribution < -0.4 is 10.1 Å². The number of nitrogens with one attached hydrogen (secondary N) is 1. The van der Waals surface area contributed by atoms with Crippen molar-refractivity contribution in [1.29, 1.82) is 0 Å². The summed E-state index contributed by atoms with van der Waals surface area (Å²) in [5.74, 6) is 0.0421. The number of aromatic nitrogens is 3. The fourth-order valence-electron chi connectivity index (χ4n) is 3.65. The van der Waals surface area contributed by atoms with Crippen molar-refractivity contribution in [3.8, 4) is 16.9 Å². The zero-order valence-electron chi connectivity index (χ0n) is 16.5. The predicted octanol–water partition coefficient (Wildman–Crippen LogP) is 3.31. The molecule has 0 radical (unpaired) electrons. The number of hydrogen-bond donors (Lipinski definition) is 1. The highest BCUT2D eigenvalue weighted by Gasteiger charge is 2.29. The molecule has 1 aliphatic rings. The van der Waals surface area contributed by atoms with Crippen LogP contribution in [0.3, 0.4) is 0 Å². The number of carbonyl (C=O) groups excluding carboxylic acids is 1. The number of amides is 1. The smallest absolute Gasteiger partial charge is 0.269 e. The SMILES string of the molecule is CCCc1cc(C(=O)NCC2Cc3c(F)ccc(-c4ccncc4)c3O2)n(C)n1. The highest BCUT2D eigenvalue weighted by Crippen LogP contribution is 2.40. The maximum Gasteiger partial charge on any atom is 0.269 e. The van der Waals surface area contributed by atoms with Crippen molar-refractivity contribution in [2.75, 3.05) is 6.54 Å². The lowest BCUT2D eigenvalue weighted by molar-refractivity contribution is 0.0924. The van der Waals surface area contributed by atoms with Gasteiger partial charge < -0.3 is 10.1 Å². The number of hydrogen-bond acceptors (Lipinski definition) is 4. The summed E-state index contributed by atoms with van der Waals surface area (Å²) in [5.41, 5.74) is 3.69. The Bertz CT molecular complexity index is 1030. The van der Waals surface area contributed by atoms with Gasteiger partial charge in [0.25, 0.3) is 5.91 Å². The zero-order valence-corrected chi connectivity index (χ0v) is 16.5. The number of carbonyl (C=O) groups is 1. The van der Waals surface area contributed by atoms with Gasteiger partial charge in [-0.05, 0) is 42.3 Å². The fraction of sp³-hybridized carbons (Fsp3) is 0.318. The van der Waals surface area contributed by atoms with Gasteiger partial charge >= 0.3 is 0 Å². The van der Waals surface area contributed by atoms with Gasteiger partial charge in [-0.3, -0.25) is 14.5 Å². The van der Waals surface area contributed by atoms with Crippen molar-refractivity contribution in [3.63, 3.8) is 0 Å². The molecule has 0 aliphatic carbocycles. The van der Waals surface area contributed by atoms with Crippen LogP contribution in [0.2, 0.25) is 0 Å². The van der Waals surface area contributed by atoms with Gasteiger partial charge in [-0.15, -0.1) is 0 Å². The maximum atomic E-state index is 14.4. The summed E-state index contributed by atoms with van der Waals surface area (Å²) >= 11 is 0. The van der Waals surface area contributed by atoms with Crippen LogP contribution >= 0.6 is 0 Å². The number of nitrogens with zero attached hydrogens (tertiary/aromatic N) is 3. The summed E-state index contributed by atoms with van der Waals surface area (Å²) < 4.78 is 22.0. The normalized spacial score (nSPS) is 15.1. The summed E-state index contributed by atoms with van der Waals surface area (Å²) in [5, 5.41) is 7.25. The van der Waals surface area contributed by atoms with Crippen molar-refractivity contribution in [3.05, 3.63) is 65.5 Å². The average Bonchev–Trinajstić information content (AvgIpc) is 3.31. The molecule has 1 aromatic carbocycles. The van der Waals surface area contributed by atoms with Crippen molar-refractivity contribution in [2.45, 2.75) is 32.3 Å². The third kappa shape index (κ3) is 3.85. The summed E-state index contributed by atoms with van der Waals surface area (Å²) in [6, 6.07) is 8.72. The molecule has 3 aromatic rings. The first kappa shape index (κ1) is 19.1. The van der Waals surface area contributed by atoms with Gasteiger partial charge in [0.15, 0.2) is 0 Å². The van der Waals surface area contributed by atoms with Gasteiger partial charge in [0.1, 0.15) is 23.4 Å². The molecular weight excluding hydrogens is 371 g/mol. The van der Waals surface area contributed by atoms with E-state index in [-0.39, 0.29) is 24.4 Å². The first-order chi connectivity index (χ1) is 14.1. The van der Waals surface area contributed by atoms with Crippen LogP contribution in [0.15, 0.2) is 42.7 Å². The zero-order chi connectivity index (χ0) is 20.4. The lowest BCUT2D eigenvalue weighted by Crippen LogP contribution is -2.35. The van der Waals surface area contributed by atoms with Gasteiger partial charge in [-0.2, -0.15) is 5.10 Å². The second-order valence-corrected chi connectivity index (χ2v) is 7.19. The molecule has 1 atom stereocenters. The Labute approximate surface area is 168 Å². The van der Waals surface area contributed by atoms with Crippen LogP contribution in [0.4, 0.5) is 4.39 Å². The number of pyridine rings is 1. The largest absolute Gasteiger partial charge is 0.487 e. The molecule has 0 saturated heterocycles. The lowest BCUT2D eigenvalue weighted by Gasteiger charge is -2.13. The van der Waals surface area contributed by atoms with Crippen molar-refractivity contribution in [1.82, 2.24) is 20.1 Å². The maximum absolute atomic E-state index is 14.4. The van der Waals surface area contributed by atoms with E-state index in [0.29, 0.717) is 23.4 Å². The minimum Gasteiger partial charge on any atom is -0.487 e. The summed E-state index contributed by atoms with van der Waals surface area (Å²) in [6.07, 6.45) is 5.27. The average molecular weight is 394 g/mol. The first-order valence-corrected chi connectivity index (χ1v) is 9.76. The molecule has 3 heterocycles. The van der Waals surface area contributed by atoms with Crippen LogP contribution in [0.1, 0.15) is 35.1 Å². The van der Waals surface area contributed by atoms with Gasteiger partial charge in [0.05, 0.1) is 12.2 Å². The number of aryl methyl sites for hydroxylation is 2. The third-order valence-corrected chi connectivity index (χ3v) is 5.07. The molecule has 7 heteroatoms. The lowest BCUT2D eigenvalue weighted by atomic mass is 10.0. The van der Waals surface area contributed by atoms with E-state index in [1.807, 2.05) is 18.2 Å². The van der Waals surface area contributed by atoms with Crippen molar-refractivity contribution >= 4 is 5.91 Å². The Hall–Kier alpha value is -3.22. The first-order valence-electron chi connectivity index (χ1n) is 9.76. The Morgan fingerprint density at radius 3 is 2.86 bits per heavy atom. The highest BCUT2D eigenvalue weighted by atomic mass is 19.1. The Kier molecular flexibility index (Phi) is 5.29. The highest BCUT2D eigenvalue weighted by molar-refractivity contribution is 5.92. The molecular formula is C22H23FN4O2. The standard InChI is InChI=1S/C22H23FN4O2/c1-3-4-15-11-20(27(2)26-15)22(28)25-13-16-12-18-19(23)6-5-17(21(18)29-16)14-7-9-24-10-8-14/h5-11,16H,3-4,12-13H2,1-2H3,(H,25,28). The van der Waals surface area contributed by atoms with Crippen LogP contribution in [0.5, 0.6) is 5.75 Å². The van der Waals surface area contributed by atoms with Gasteiger partial charge in [-0.1, -0.05) is 13.3 Å². The molecule has 2 aromatic heterocycles. The molecule has 0 bridgehead atoms. The van der Waals surface area contributed by atoms with E-state index in [0.717, 1.165) is 29.7 Å². The Morgan fingerprint density at radius 2 is 2.10 bits per heavy atom. The van der Waals surface area contributed by atoms with E-state index in [4.69, 9.17) is 4.74 Å². The molecule has 0 saturated carbocycles. The van der Waals surface area contributed by atoms with E-state index in [1.54, 1.807) is 30.2 Å². The van der Waals surface area contributed by atoms with Crippen LogP contribution in [-0.4, -0.2) is 33.3 Å². The molecule has 1 unspecified atom stereocenters. The van der Waals surface area contributed by atoms with Crippen LogP contribution in [0, 0.1) is 5.82 Å². The number of benzene rings is 1. The molecule has 150 valence electrons. The van der Waals surface area contributed by atoms with Crippen LogP contribution in [-0.2, 0) is 19.9 Å². The monoisotopic (exact) mass is 394 g/mol. The van der Waals surface area contributed by atoms with Crippen LogP contribution in [0.25, 0.3) is 11.1 Å². The Morgan fingerprint density at radius 1 is 1.31 bits per heavy atom. The molecule has 1 N–H and O–H groups in total. The van der Waals surface area contributed by atoms with E-state index in [2.05, 4.69) is 22.3 Å². The van der Waals surface area contributed by atoms with Gasteiger partial charge in [-0.25, -0.2) is 4.39 Å². The second-order valence-electron chi connectivity index (χ2n) is 7.19. The van der Waals surface area contributed by atoms with Crippen molar-refractivity contribution in [2.24, 2.45) is 7.05 Å². The van der Waals surface area contributed by atoms with Crippen molar-refractivity contribution < 1.29 is 13.9 Å². The van der Waals surface area contributed by atoms with E-state index < -0.39 is 0 Å². The molecule has 0 fully saturated rings. The summed E-state index contributed by atoms with van der Waals surface area (Å²) in [4.78, 5) is 16.6. The molecule has 1 aliphatic heterocycles. The van der Waals surface area contributed by atoms with Gasteiger partial charge in [0.2, 0.25) is 0 Å². The van der Waals surface area contributed by atoms with E-state index >= 15 is 0 Å². The predicted molar refractivity (Wildman–Crippen MR) is 107 cm³/mol. The molecule has 6 nitrogen and oxygen atoms in total. The number of rotatable bonds is 6. The quantitative estimate of drug-likeness (QED) is 0.697. The minimum absolute atomic E-state index is 0.211. The summed E-state index contributed by atoms with van der Waals surface area (Å²) in [7, 11) is 1.76. The Balaban J connectivity index is 1.46. The molecule has 4 rings (SSSR count). The molecule has 1 amide bonds. The second kappa shape index (κ2) is 8.03.